The van der Waals surface area contributed by atoms with E-state index in [0.29, 0.717) is 29.3 Å². The second kappa shape index (κ2) is 4.82. The van der Waals surface area contributed by atoms with Crippen molar-refractivity contribution in [3.8, 4) is 0 Å². The monoisotopic (exact) mass is 292 g/mol. The standard InChI is InChI=1S/C16H14Cl2O/c17-14-6-5-13(15(18)7-14)10-16(19)8-11-3-1-2-4-12(11)9-16/h1-7,19H,8-10H2. The van der Waals surface area contributed by atoms with E-state index in [4.69, 9.17) is 23.2 Å². The highest BCUT2D eigenvalue weighted by Crippen LogP contribution is 2.34. The molecule has 1 N–H and O–H groups in total. The Kier molecular flexibility index (Phi) is 3.30. The molecule has 0 saturated heterocycles. The van der Waals surface area contributed by atoms with Gasteiger partial charge in [0.25, 0.3) is 0 Å². The van der Waals surface area contributed by atoms with Crippen LogP contribution in [-0.4, -0.2) is 10.7 Å². The van der Waals surface area contributed by atoms with Gasteiger partial charge in [0.1, 0.15) is 0 Å². The number of rotatable bonds is 2. The number of benzene rings is 2. The summed E-state index contributed by atoms with van der Waals surface area (Å²) in [5, 5.41) is 12.0. The Balaban J connectivity index is 1.85. The summed E-state index contributed by atoms with van der Waals surface area (Å²) in [6, 6.07) is 13.6. The molecule has 3 heteroatoms. The maximum Gasteiger partial charge on any atom is 0.0768 e. The summed E-state index contributed by atoms with van der Waals surface area (Å²) in [7, 11) is 0. The fourth-order valence-corrected chi connectivity index (χ4v) is 3.29. The molecule has 0 radical (unpaired) electrons. The minimum atomic E-state index is -0.735. The summed E-state index contributed by atoms with van der Waals surface area (Å²) in [6.45, 7) is 0. The molecule has 98 valence electrons. The van der Waals surface area contributed by atoms with Gasteiger partial charge in [-0.05, 0) is 28.8 Å². The Labute approximate surface area is 122 Å². The van der Waals surface area contributed by atoms with Crippen LogP contribution < -0.4 is 0 Å². The first-order valence-corrected chi connectivity index (χ1v) is 7.04. The number of halogens is 2. The summed E-state index contributed by atoms with van der Waals surface area (Å²) in [4.78, 5) is 0. The fourth-order valence-electron chi connectivity index (χ4n) is 2.82. The van der Waals surface area contributed by atoms with E-state index in [9.17, 15) is 5.11 Å². The molecule has 1 nitrogen and oxygen atoms in total. The molecule has 0 fully saturated rings. The molecule has 0 spiro atoms. The predicted octanol–water partition coefficient (Wildman–Crippen LogP) is 4.07. The molecular formula is C16H14Cl2O. The Hall–Kier alpha value is -1.02. The van der Waals surface area contributed by atoms with E-state index in [1.807, 2.05) is 24.3 Å². The third kappa shape index (κ3) is 2.64. The second-order valence-electron chi connectivity index (χ2n) is 5.26. The molecule has 0 saturated carbocycles. The lowest BCUT2D eigenvalue weighted by Gasteiger charge is -2.23. The zero-order valence-corrected chi connectivity index (χ0v) is 11.9. The molecule has 0 aromatic heterocycles. The maximum absolute atomic E-state index is 10.8. The van der Waals surface area contributed by atoms with Crippen molar-refractivity contribution in [1.29, 1.82) is 0 Å². The van der Waals surface area contributed by atoms with E-state index in [1.54, 1.807) is 6.07 Å². The van der Waals surface area contributed by atoms with Crippen molar-refractivity contribution in [3.05, 3.63) is 69.2 Å². The Morgan fingerprint density at radius 2 is 1.63 bits per heavy atom. The number of hydrogen-bond acceptors (Lipinski definition) is 1. The van der Waals surface area contributed by atoms with Gasteiger partial charge in [0, 0.05) is 29.3 Å². The van der Waals surface area contributed by atoms with E-state index >= 15 is 0 Å². The van der Waals surface area contributed by atoms with E-state index < -0.39 is 5.60 Å². The zero-order chi connectivity index (χ0) is 13.5. The molecule has 0 atom stereocenters. The second-order valence-corrected chi connectivity index (χ2v) is 6.10. The summed E-state index contributed by atoms with van der Waals surface area (Å²) < 4.78 is 0. The largest absolute Gasteiger partial charge is 0.389 e. The van der Waals surface area contributed by atoms with Gasteiger partial charge in [-0.3, -0.25) is 0 Å². The Morgan fingerprint density at radius 1 is 1.00 bits per heavy atom. The third-order valence-electron chi connectivity index (χ3n) is 3.69. The van der Waals surface area contributed by atoms with Crippen molar-refractivity contribution >= 4 is 23.2 Å². The van der Waals surface area contributed by atoms with Crippen molar-refractivity contribution in [2.45, 2.75) is 24.9 Å². The average Bonchev–Trinajstić information content (AvgIpc) is 2.69. The van der Waals surface area contributed by atoms with Crippen LogP contribution in [-0.2, 0) is 19.3 Å². The van der Waals surface area contributed by atoms with Crippen LogP contribution in [0.4, 0.5) is 0 Å². The molecule has 0 unspecified atom stereocenters. The molecule has 0 aliphatic heterocycles. The topological polar surface area (TPSA) is 20.2 Å². The molecule has 3 rings (SSSR count). The molecule has 0 bridgehead atoms. The Bertz CT molecular complexity index is 597. The van der Waals surface area contributed by atoms with Crippen LogP contribution in [0.5, 0.6) is 0 Å². The van der Waals surface area contributed by atoms with Gasteiger partial charge in [-0.25, -0.2) is 0 Å². The molecule has 0 amide bonds. The molecule has 2 aromatic rings. The van der Waals surface area contributed by atoms with Gasteiger partial charge in [0.05, 0.1) is 5.60 Å². The van der Waals surface area contributed by atoms with Gasteiger partial charge >= 0.3 is 0 Å². The van der Waals surface area contributed by atoms with Crippen LogP contribution >= 0.6 is 23.2 Å². The van der Waals surface area contributed by atoms with Gasteiger partial charge in [-0.15, -0.1) is 0 Å². The van der Waals surface area contributed by atoms with Crippen LogP contribution in [0.25, 0.3) is 0 Å². The van der Waals surface area contributed by atoms with E-state index in [1.165, 1.54) is 11.1 Å². The quantitative estimate of drug-likeness (QED) is 0.885. The Morgan fingerprint density at radius 3 is 2.21 bits per heavy atom. The fraction of sp³-hybridized carbons (Fsp3) is 0.250. The highest BCUT2D eigenvalue weighted by atomic mass is 35.5. The normalized spacial score (nSPS) is 16.4. The first-order valence-electron chi connectivity index (χ1n) is 6.29. The zero-order valence-electron chi connectivity index (χ0n) is 10.4. The van der Waals surface area contributed by atoms with Gasteiger partial charge in [-0.2, -0.15) is 0 Å². The van der Waals surface area contributed by atoms with Crippen LogP contribution in [0.3, 0.4) is 0 Å². The van der Waals surface area contributed by atoms with E-state index in [0.717, 1.165) is 5.56 Å². The van der Waals surface area contributed by atoms with Crippen molar-refractivity contribution in [3.63, 3.8) is 0 Å². The van der Waals surface area contributed by atoms with Gasteiger partial charge in [-0.1, -0.05) is 53.5 Å². The molecule has 1 aliphatic rings. The van der Waals surface area contributed by atoms with Gasteiger partial charge < -0.3 is 5.11 Å². The lowest BCUT2D eigenvalue weighted by Crippen LogP contribution is -2.32. The summed E-state index contributed by atoms with van der Waals surface area (Å²) in [5.74, 6) is 0. The van der Waals surface area contributed by atoms with Crippen molar-refractivity contribution in [2.75, 3.05) is 0 Å². The smallest absolute Gasteiger partial charge is 0.0768 e. The lowest BCUT2D eigenvalue weighted by molar-refractivity contribution is 0.0518. The number of hydrogen-bond donors (Lipinski definition) is 1. The highest BCUT2D eigenvalue weighted by molar-refractivity contribution is 6.35. The molecular weight excluding hydrogens is 279 g/mol. The number of fused-ring (bicyclic) bond motifs is 1. The molecule has 2 aromatic carbocycles. The van der Waals surface area contributed by atoms with E-state index in [-0.39, 0.29) is 0 Å². The first-order chi connectivity index (χ1) is 9.06. The highest BCUT2D eigenvalue weighted by Gasteiger charge is 2.35. The molecule has 0 heterocycles. The number of aliphatic hydroxyl groups is 1. The van der Waals surface area contributed by atoms with Gasteiger partial charge in [0.15, 0.2) is 0 Å². The minimum absolute atomic E-state index is 0.553. The SMILES string of the molecule is OC1(Cc2ccc(Cl)cc2Cl)Cc2ccccc2C1. The van der Waals surface area contributed by atoms with Crippen LogP contribution in [0.1, 0.15) is 16.7 Å². The first kappa shape index (κ1) is 13.0. The third-order valence-corrected chi connectivity index (χ3v) is 4.28. The van der Waals surface area contributed by atoms with Gasteiger partial charge in [0.2, 0.25) is 0 Å². The molecule has 19 heavy (non-hydrogen) atoms. The average molecular weight is 293 g/mol. The van der Waals surface area contributed by atoms with Crippen LogP contribution in [0, 0.1) is 0 Å². The summed E-state index contributed by atoms with van der Waals surface area (Å²) in [6.07, 6.45) is 1.92. The lowest BCUT2D eigenvalue weighted by atomic mass is 9.91. The van der Waals surface area contributed by atoms with Crippen LogP contribution in [0.15, 0.2) is 42.5 Å². The summed E-state index contributed by atoms with van der Waals surface area (Å²) >= 11 is 12.1. The van der Waals surface area contributed by atoms with Crippen molar-refractivity contribution in [2.24, 2.45) is 0 Å². The van der Waals surface area contributed by atoms with E-state index in [2.05, 4.69) is 12.1 Å². The van der Waals surface area contributed by atoms with Crippen molar-refractivity contribution in [1.82, 2.24) is 0 Å². The minimum Gasteiger partial charge on any atom is -0.389 e. The van der Waals surface area contributed by atoms with Crippen molar-refractivity contribution < 1.29 is 5.11 Å². The van der Waals surface area contributed by atoms with Crippen LogP contribution in [0.2, 0.25) is 10.0 Å². The molecule has 1 aliphatic carbocycles. The maximum atomic E-state index is 10.8. The predicted molar refractivity (Wildman–Crippen MR) is 79.0 cm³/mol. The summed E-state index contributed by atoms with van der Waals surface area (Å²) in [5.41, 5.74) is 2.67.